The number of nitrogens with one attached hydrogen (secondary N) is 1. The number of aromatic amines is 1. The fourth-order valence-electron chi connectivity index (χ4n) is 1.15. The van der Waals surface area contributed by atoms with Crippen LogP contribution < -0.4 is 5.56 Å². The lowest BCUT2D eigenvalue weighted by Crippen LogP contribution is -2.04. The Balaban J connectivity index is 2.03. The van der Waals surface area contributed by atoms with Gasteiger partial charge in [0.2, 0.25) is 0 Å². The molecule has 80 valence electrons. The van der Waals surface area contributed by atoms with E-state index in [1.165, 1.54) is 24.0 Å². The number of aromatic nitrogens is 2. The summed E-state index contributed by atoms with van der Waals surface area (Å²) in [5, 5.41) is 2.49. The molecule has 16 heavy (non-hydrogen) atoms. The molecule has 0 bridgehead atoms. The molecule has 1 N–H and O–H groups in total. The Kier molecular flexibility index (Phi) is 3.56. The van der Waals surface area contributed by atoms with Gasteiger partial charge in [0.05, 0.1) is 0 Å². The van der Waals surface area contributed by atoms with Crippen LogP contribution in [-0.4, -0.2) is 9.97 Å². The van der Waals surface area contributed by atoms with Gasteiger partial charge in [0.25, 0.3) is 5.56 Å². The highest BCUT2D eigenvalue weighted by Gasteiger charge is 1.91. The van der Waals surface area contributed by atoms with Crippen LogP contribution in [-0.2, 0) is 0 Å². The zero-order valence-electron chi connectivity index (χ0n) is 8.46. The fraction of sp³-hybridized carbons (Fsp3) is 0. The molecule has 0 spiro atoms. The minimum atomic E-state index is -0.134. The van der Waals surface area contributed by atoms with Crippen molar-refractivity contribution in [1.29, 1.82) is 0 Å². The average Bonchev–Trinajstić information content (AvgIpc) is 2.30. The Bertz CT molecular complexity index is 534. The minimum Gasteiger partial charge on any atom is -0.301 e. The van der Waals surface area contributed by atoms with Crippen LogP contribution in [0.2, 0.25) is 0 Å². The lowest BCUT2D eigenvalue weighted by molar-refractivity contribution is 0.941. The molecule has 0 aliphatic rings. The first-order chi connectivity index (χ1) is 7.84. The van der Waals surface area contributed by atoms with E-state index in [0.29, 0.717) is 5.16 Å². The molecular formula is C12H10N2OS. The van der Waals surface area contributed by atoms with Crippen LogP contribution in [0, 0.1) is 0 Å². The molecule has 0 radical (unpaired) electrons. The molecule has 0 atom stereocenters. The molecule has 0 aliphatic heterocycles. The van der Waals surface area contributed by atoms with Gasteiger partial charge < -0.3 is 4.98 Å². The maximum Gasteiger partial charge on any atom is 0.251 e. The molecule has 0 saturated carbocycles. The van der Waals surface area contributed by atoms with E-state index in [1.807, 2.05) is 41.8 Å². The first-order valence-corrected chi connectivity index (χ1v) is 5.66. The van der Waals surface area contributed by atoms with Gasteiger partial charge in [-0.3, -0.25) is 4.79 Å². The summed E-state index contributed by atoms with van der Waals surface area (Å²) in [5.41, 5.74) is 0.985. The summed E-state index contributed by atoms with van der Waals surface area (Å²) in [6, 6.07) is 11.3. The molecule has 1 heterocycles. The second-order valence-corrected chi connectivity index (χ2v) is 3.97. The number of hydrogen-bond acceptors (Lipinski definition) is 3. The number of nitrogens with zero attached hydrogens (tertiary/aromatic N) is 1. The maximum atomic E-state index is 11.0. The molecule has 4 heteroatoms. The highest BCUT2D eigenvalue weighted by Crippen LogP contribution is 2.13. The SMILES string of the molecule is O=c1ccnc(SC=Cc2ccccc2)[nH]1. The predicted molar refractivity (Wildman–Crippen MR) is 66.2 cm³/mol. The van der Waals surface area contributed by atoms with Crippen molar-refractivity contribution in [2.75, 3.05) is 0 Å². The molecule has 2 rings (SSSR count). The Morgan fingerprint density at radius 1 is 1.19 bits per heavy atom. The van der Waals surface area contributed by atoms with Gasteiger partial charge in [-0.25, -0.2) is 4.98 Å². The lowest BCUT2D eigenvalue weighted by Gasteiger charge is -1.93. The number of thioether (sulfide) groups is 1. The summed E-state index contributed by atoms with van der Waals surface area (Å²) in [4.78, 5) is 17.7. The van der Waals surface area contributed by atoms with Crippen molar-refractivity contribution in [3.63, 3.8) is 0 Å². The summed E-state index contributed by atoms with van der Waals surface area (Å²) in [5.74, 6) is 0. The summed E-state index contributed by atoms with van der Waals surface area (Å²) < 4.78 is 0. The third-order valence-corrected chi connectivity index (χ3v) is 2.59. The van der Waals surface area contributed by atoms with Gasteiger partial charge in [0.1, 0.15) is 0 Å². The van der Waals surface area contributed by atoms with Crippen molar-refractivity contribution in [2.45, 2.75) is 5.16 Å². The number of H-pyrrole nitrogens is 1. The topological polar surface area (TPSA) is 45.8 Å². The van der Waals surface area contributed by atoms with Crippen LogP contribution in [0.4, 0.5) is 0 Å². The van der Waals surface area contributed by atoms with Crippen LogP contribution in [0.3, 0.4) is 0 Å². The van der Waals surface area contributed by atoms with Gasteiger partial charge in [-0.15, -0.1) is 0 Å². The summed E-state index contributed by atoms with van der Waals surface area (Å²) in [7, 11) is 0. The molecule has 0 unspecified atom stereocenters. The predicted octanol–water partition coefficient (Wildman–Crippen LogP) is 2.53. The molecule has 1 aromatic carbocycles. The van der Waals surface area contributed by atoms with E-state index >= 15 is 0 Å². The van der Waals surface area contributed by atoms with Crippen molar-refractivity contribution in [3.05, 3.63) is 63.9 Å². The zero-order chi connectivity index (χ0) is 11.2. The Morgan fingerprint density at radius 3 is 2.75 bits per heavy atom. The number of hydrogen-bond donors (Lipinski definition) is 1. The van der Waals surface area contributed by atoms with Crippen LogP contribution in [0.5, 0.6) is 0 Å². The molecular weight excluding hydrogens is 220 g/mol. The van der Waals surface area contributed by atoms with Crippen LogP contribution >= 0.6 is 11.8 Å². The second kappa shape index (κ2) is 5.32. The minimum absolute atomic E-state index is 0.134. The van der Waals surface area contributed by atoms with Crippen molar-refractivity contribution in [1.82, 2.24) is 9.97 Å². The first-order valence-electron chi connectivity index (χ1n) is 4.78. The Labute approximate surface area is 97.3 Å². The third kappa shape index (κ3) is 3.10. The van der Waals surface area contributed by atoms with E-state index in [1.54, 1.807) is 0 Å². The lowest BCUT2D eigenvalue weighted by atomic mass is 10.2. The van der Waals surface area contributed by atoms with E-state index in [2.05, 4.69) is 9.97 Å². The monoisotopic (exact) mass is 230 g/mol. The van der Waals surface area contributed by atoms with E-state index in [4.69, 9.17) is 0 Å². The van der Waals surface area contributed by atoms with E-state index < -0.39 is 0 Å². The standard InChI is InChI=1S/C12H10N2OS/c15-11-6-8-13-12(14-11)16-9-7-10-4-2-1-3-5-10/h1-9H,(H,13,14,15). The molecule has 0 saturated heterocycles. The van der Waals surface area contributed by atoms with Gasteiger partial charge in [0, 0.05) is 12.3 Å². The summed E-state index contributed by atoms with van der Waals surface area (Å²) >= 11 is 1.38. The van der Waals surface area contributed by atoms with E-state index in [9.17, 15) is 4.79 Å². The summed E-state index contributed by atoms with van der Waals surface area (Å²) in [6.45, 7) is 0. The molecule has 0 fully saturated rings. The highest BCUT2D eigenvalue weighted by molar-refractivity contribution is 8.02. The molecule has 1 aromatic heterocycles. The maximum absolute atomic E-state index is 11.0. The van der Waals surface area contributed by atoms with Gasteiger partial charge in [-0.1, -0.05) is 42.1 Å². The number of rotatable bonds is 3. The zero-order valence-corrected chi connectivity index (χ0v) is 9.28. The largest absolute Gasteiger partial charge is 0.301 e. The van der Waals surface area contributed by atoms with Gasteiger partial charge in [0.15, 0.2) is 5.16 Å². The van der Waals surface area contributed by atoms with Crippen molar-refractivity contribution in [3.8, 4) is 0 Å². The molecule has 0 amide bonds. The van der Waals surface area contributed by atoms with Crippen molar-refractivity contribution in [2.24, 2.45) is 0 Å². The highest BCUT2D eigenvalue weighted by atomic mass is 32.2. The Hall–Kier alpha value is -1.81. The van der Waals surface area contributed by atoms with Crippen LogP contribution in [0.1, 0.15) is 5.56 Å². The first kappa shape index (κ1) is 10.7. The number of benzene rings is 1. The third-order valence-electron chi connectivity index (χ3n) is 1.89. The van der Waals surface area contributed by atoms with E-state index in [-0.39, 0.29) is 5.56 Å². The Morgan fingerprint density at radius 2 is 2.00 bits per heavy atom. The van der Waals surface area contributed by atoms with Crippen LogP contribution in [0.25, 0.3) is 6.08 Å². The quantitative estimate of drug-likeness (QED) is 0.651. The van der Waals surface area contributed by atoms with Gasteiger partial charge in [-0.2, -0.15) is 0 Å². The molecule has 2 aromatic rings. The van der Waals surface area contributed by atoms with Gasteiger partial charge >= 0.3 is 0 Å². The normalized spacial score (nSPS) is 10.8. The van der Waals surface area contributed by atoms with Crippen molar-refractivity contribution < 1.29 is 0 Å². The van der Waals surface area contributed by atoms with Gasteiger partial charge in [-0.05, 0) is 17.0 Å². The fourth-order valence-corrected chi connectivity index (χ4v) is 1.79. The van der Waals surface area contributed by atoms with E-state index in [0.717, 1.165) is 5.56 Å². The average molecular weight is 230 g/mol. The smallest absolute Gasteiger partial charge is 0.251 e. The molecule has 3 nitrogen and oxygen atoms in total. The second-order valence-electron chi connectivity index (χ2n) is 3.07. The van der Waals surface area contributed by atoms with Crippen LogP contribution in [0.15, 0.2) is 58.0 Å². The molecule has 0 aliphatic carbocycles. The van der Waals surface area contributed by atoms with Crippen molar-refractivity contribution >= 4 is 17.8 Å². The summed E-state index contributed by atoms with van der Waals surface area (Å²) in [6.07, 6.45) is 3.47.